The lowest BCUT2D eigenvalue weighted by Gasteiger charge is -2.32. The maximum atomic E-state index is 12.5. The van der Waals surface area contributed by atoms with Crippen molar-refractivity contribution in [2.24, 2.45) is 0 Å². The van der Waals surface area contributed by atoms with Crippen LogP contribution in [0, 0.1) is 6.92 Å². The molecule has 0 bridgehead atoms. The van der Waals surface area contributed by atoms with E-state index in [2.05, 4.69) is 36.7 Å². The minimum absolute atomic E-state index is 0.105. The third-order valence-electron chi connectivity index (χ3n) is 4.79. The third-order valence-corrected chi connectivity index (χ3v) is 4.79. The maximum Gasteiger partial charge on any atom is 0.271 e. The number of nitrogens with one attached hydrogen (secondary N) is 1. The van der Waals surface area contributed by atoms with E-state index in [1.165, 1.54) is 0 Å². The highest BCUT2D eigenvalue weighted by molar-refractivity contribution is 5.92. The number of nitrogens with zero attached hydrogens (tertiary/aromatic N) is 5. The Morgan fingerprint density at radius 3 is 2.96 bits per heavy atom. The minimum atomic E-state index is -0.205. The molecule has 1 aliphatic heterocycles. The van der Waals surface area contributed by atoms with Gasteiger partial charge in [-0.1, -0.05) is 0 Å². The molecule has 0 saturated heterocycles. The second-order valence-electron chi connectivity index (χ2n) is 6.74. The second kappa shape index (κ2) is 7.32. The monoisotopic (exact) mass is 366 g/mol. The van der Waals surface area contributed by atoms with Gasteiger partial charge in [-0.25, -0.2) is 4.98 Å². The maximum absolute atomic E-state index is 12.5. The molecule has 0 saturated carbocycles. The zero-order valence-corrected chi connectivity index (χ0v) is 15.4. The lowest BCUT2D eigenvalue weighted by atomic mass is 10.2. The molecule has 27 heavy (non-hydrogen) atoms. The quantitative estimate of drug-likeness (QED) is 0.744. The first kappa shape index (κ1) is 17.4. The summed E-state index contributed by atoms with van der Waals surface area (Å²) in [5, 5.41) is 2.86. The van der Waals surface area contributed by atoms with Gasteiger partial charge < -0.3 is 14.3 Å². The van der Waals surface area contributed by atoms with E-state index in [0.717, 1.165) is 42.6 Å². The largest absolute Gasteiger partial charge is 0.468 e. The van der Waals surface area contributed by atoms with Gasteiger partial charge in [0.1, 0.15) is 17.3 Å². The molecule has 0 spiro atoms. The molecule has 8 heteroatoms. The van der Waals surface area contributed by atoms with Crippen LogP contribution in [-0.2, 0) is 19.6 Å². The van der Waals surface area contributed by atoms with E-state index >= 15 is 0 Å². The van der Waals surface area contributed by atoms with Gasteiger partial charge in [-0.15, -0.1) is 0 Å². The van der Waals surface area contributed by atoms with Crippen molar-refractivity contribution in [1.29, 1.82) is 0 Å². The number of aryl methyl sites for hydroxylation is 1. The molecule has 1 atom stereocenters. The molecule has 0 radical (unpaired) electrons. The number of furan rings is 1. The van der Waals surface area contributed by atoms with Crippen molar-refractivity contribution in [3.8, 4) is 0 Å². The van der Waals surface area contributed by atoms with Crippen LogP contribution >= 0.6 is 0 Å². The van der Waals surface area contributed by atoms with Crippen LogP contribution in [0.5, 0.6) is 0 Å². The summed E-state index contributed by atoms with van der Waals surface area (Å²) in [6, 6.07) is 3.97. The summed E-state index contributed by atoms with van der Waals surface area (Å²) >= 11 is 0. The lowest BCUT2D eigenvalue weighted by molar-refractivity contribution is 0.0945. The number of imidazole rings is 1. The minimum Gasteiger partial charge on any atom is -0.468 e. The summed E-state index contributed by atoms with van der Waals surface area (Å²) in [4.78, 5) is 27.8. The Kier molecular flexibility index (Phi) is 4.72. The number of rotatable bonds is 5. The van der Waals surface area contributed by atoms with E-state index in [9.17, 15) is 4.79 Å². The molecule has 0 aromatic carbocycles. The van der Waals surface area contributed by atoms with E-state index in [-0.39, 0.29) is 11.9 Å². The van der Waals surface area contributed by atoms with Crippen molar-refractivity contribution in [3.05, 3.63) is 65.7 Å². The predicted octanol–water partition coefficient (Wildman–Crippen LogP) is 2.08. The van der Waals surface area contributed by atoms with Gasteiger partial charge in [0, 0.05) is 25.5 Å². The Balaban J connectivity index is 1.42. The fourth-order valence-electron chi connectivity index (χ4n) is 3.24. The first-order valence-corrected chi connectivity index (χ1v) is 8.99. The number of carbonyl (C=O) groups excluding carboxylic acids is 1. The molecule has 1 amide bonds. The van der Waals surface area contributed by atoms with Crippen molar-refractivity contribution in [2.45, 2.75) is 39.5 Å². The summed E-state index contributed by atoms with van der Waals surface area (Å²) < 4.78 is 7.51. The first-order valence-electron chi connectivity index (χ1n) is 8.99. The molecule has 4 heterocycles. The number of carbonyl (C=O) groups is 1. The van der Waals surface area contributed by atoms with E-state index in [4.69, 9.17) is 4.42 Å². The van der Waals surface area contributed by atoms with Crippen LogP contribution in [0.1, 0.15) is 46.4 Å². The summed E-state index contributed by atoms with van der Waals surface area (Å²) in [6.07, 6.45) is 6.87. The molecule has 8 nitrogen and oxygen atoms in total. The fraction of sp³-hybridized carbons (Fsp3) is 0.368. The van der Waals surface area contributed by atoms with E-state index in [1.54, 1.807) is 18.7 Å². The zero-order chi connectivity index (χ0) is 18.8. The second-order valence-corrected chi connectivity index (χ2v) is 6.74. The van der Waals surface area contributed by atoms with Gasteiger partial charge in [0.15, 0.2) is 0 Å². The van der Waals surface area contributed by atoms with E-state index in [1.807, 2.05) is 25.3 Å². The normalized spacial score (nSPS) is 16.9. The van der Waals surface area contributed by atoms with Gasteiger partial charge >= 0.3 is 0 Å². The lowest BCUT2D eigenvalue weighted by Crippen LogP contribution is -2.36. The highest BCUT2D eigenvalue weighted by atomic mass is 16.3. The van der Waals surface area contributed by atoms with Gasteiger partial charge in [0.05, 0.1) is 43.0 Å². The van der Waals surface area contributed by atoms with Gasteiger partial charge in [-0.05, 0) is 26.0 Å². The van der Waals surface area contributed by atoms with E-state index < -0.39 is 0 Å². The highest BCUT2D eigenvalue weighted by Crippen LogP contribution is 2.26. The summed E-state index contributed by atoms with van der Waals surface area (Å²) in [6.45, 7) is 6.71. The fourth-order valence-corrected chi connectivity index (χ4v) is 3.24. The van der Waals surface area contributed by atoms with Crippen molar-refractivity contribution >= 4 is 5.91 Å². The van der Waals surface area contributed by atoms with Crippen LogP contribution < -0.4 is 5.32 Å². The molecule has 1 N–H and O–H groups in total. The van der Waals surface area contributed by atoms with Crippen molar-refractivity contribution < 1.29 is 9.21 Å². The Bertz CT molecular complexity index is 916. The Hall–Kier alpha value is -3.00. The topological polar surface area (TPSA) is 89.1 Å². The Labute approximate surface area is 157 Å². The van der Waals surface area contributed by atoms with Crippen LogP contribution in [0.2, 0.25) is 0 Å². The van der Waals surface area contributed by atoms with Crippen LogP contribution in [0.15, 0.2) is 41.4 Å². The number of aromatic nitrogens is 4. The molecule has 3 aromatic rings. The Morgan fingerprint density at radius 1 is 1.33 bits per heavy atom. The van der Waals surface area contributed by atoms with Crippen molar-refractivity contribution in [1.82, 2.24) is 29.7 Å². The molecule has 1 aliphatic rings. The molecular weight excluding hydrogens is 344 g/mol. The number of hydrogen-bond acceptors (Lipinski definition) is 6. The zero-order valence-electron chi connectivity index (χ0n) is 15.4. The molecule has 0 aliphatic carbocycles. The summed E-state index contributed by atoms with van der Waals surface area (Å²) in [5.41, 5.74) is 1.99. The standard InChI is InChI=1S/C19H22N6O2/c1-13-8-21-15(9-20-13)10-22-19(26)17-12-25-6-5-24(14(2)18(25)23-17)11-16-4-3-7-27-16/h3-4,7-9,12,14H,5-6,10-11H2,1-2H3,(H,22,26)/t14-/m0/s1. The van der Waals surface area contributed by atoms with Gasteiger partial charge in [-0.2, -0.15) is 0 Å². The smallest absolute Gasteiger partial charge is 0.271 e. The summed E-state index contributed by atoms with van der Waals surface area (Å²) in [7, 11) is 0. The first-order chi connectivity index (χ1) is 13.1. The van der Waals surface area contributed by atoms with Gasteiger partial charge in [0.2, 0.25) is 0 Å². The molecule has 140 valence electrons. The van der Waals surface area contributed by atoms with Gasteiger partial charge in [-0.3, -0.25) is 19.7 Å². The Morgan fingerprint density at radius 2 is 2.22 bits per heavy atom. The molecule has 0 unspecified atom stereocenters. The predicted molar refractivity (Wildman–Crippen MR) is 97.7 cm³/mol. The highest BCUT2D eigenvalue weighted by Gasteiger charge is 2.28. The van der Waals surface area contributed by atoms with Gasteiger partial charge in [0.25, 0.3) is 5.91 Å². The van der Waals surface area contributed by atoms with Crippen LogP contribution in [0.25, 0.3) is 0 Å². The molecule has 0 fully saturated rings. The molecule has 4 rings (SSSR count). The van der Waals surface area contributed by atoms with Crippen molar-refractivity contribution in [3.63, 3.8) is 0 Å². The number of amides is 1. The molecule has 3 aromatic heterocycles. The molecular formula is C19H22N6O2. The van der Waals surface area contributed by atoms with Crippen molar-refractivity contribution in [2.75, 3.05) is 6.54 Å². The average Bonchev–Trinajstić information content (AvgIpc) is 3.33. The van der Waals surface area contributed by atoms with E-state index in [0.29, 0.717) is 12.2 Å². The van der Waals surface area contributed by atoms with Crippen LogP contribution in [0.4, 0.5) is 0 Å². The number of fused-ring (bicyclic) bond motifs is 1. The summed E-state index contributed by atoms with van der Waals surface area (Å²) in [5.74, 6) is 1.62. The van der Waals surface area contributed by atoms with Crippen LogP contribution in [-0.4, -0.2) is 36.9 Å². The third kappa shape index (κ3) is 3.75. The SMILES string of the molecule is Cc1cnc(CNC(=O)c2cn3c(n2)[C@H](C)N(Cc2ccco2)CC3)cn1. The van der Waals surface area contributed by atoms with Crippen LogP contribution in [0.3, 0.4) is 0 Å². The average molecular weight is 366 g/mol. The number of hydrogen-bond donors (Lipinski definition) is 1.